The number of aliphatic hydroxyl groups is 1. The van der Waals surface area contributed by atoms with E-state index in [1.165, 1.54) is 24.8 Å². The maximum Gasteiger partial charge on any atom is 0.133 e. The van der Waals surface area contributed by atoms with Crippen LogP contribution in [0, 0.1) is 6.92 Å². The van der Waals surface area contributed by atoms with Crippen molar-refractivity contribution in [3.8, 4) is 5.75 Å². The maximum atomic E-state index is 12.5. The van der Waals surface area contributed by atoms with Gasteiger partial charge in [0.1, 0.15) is 11.4 Å². The van der Waals surface area contributed by atoms with Gasteiger partial charge in [-0.2, -0.15) is 0 Å². The van der Waals surface area contributed by atoms with E-state index in [9.17, 15) is 5.11 Å². The molecule has 2 aromatic carbocycles. The molecule has 1 N–H and O–H groups in total. The molecule has 1 aliphatic heterocycles. The molecule has 3 heteroatoms. The summed E-state index contributed by atoms with van der Waals surface area (Å²) in [5.74, 6) is 0.785. The van der Waals surface area contributed by atoms with Crippen LogP contribution in [0.15, 0.2) is 42.5 Å². The van der Waals surface area contributed by atoms with Gasteiger partial charge in [0.05, 0.1) is 7.11 Å². The zero-order chi connectivity index (χ0) is 21.2. The molecule has 1 fully saturated rings. The molecule has 29 heavy (non-hydrogen) atoms. The summed E-state index contributed by atoms with van der Waals surface area (Å²) < 4.78 is 5.87. The lowest BCUT2D eigenvalue weighted by Crippen LogP contribution is -2.51. The Bertz CT molecular complexity index is 819. The molecule has 0 saturated carbocycles. The Kier molecular flexibility index (Phi) is 6.40. The van der Waals surface area contributed by atoms with E-state index in [0.717, 1.165) is 35.5 Å². The second-order valence-electron chi connectivity index (χ2n) is 9.53. The Morgan fingerprint density at radius 1 is 0.966 bits per heavy atom. The fourth-order valence-corrected chi connectivity index (χ4v) is 4.64. The third kappa shape index (κ3) is 4.22. The van der Waals surface area contributed by atoms with Crippen LogP contribution in [0.25, 0.3) is 0 Å². The van der Waals surface area contributed by atoms with E-state index < -0.39 is 5.60 Å². The summed E-state index contributed by atoms with van der Waals surface area (Å²) in [6, 6.07) is 14.4. The third-order valence-electron chi connectivity index (χ3n) is 6.51. The summed E-state index contributed by atoms with van der Waals surface area (Å²) in [5, 5.41) is 12.5. The van der Waals surface area contributed by atoms with Crippen LogP contribution in [-0.4, -0.2) is 36.2 Å². The van der Waals surface area contributed by atoms with E-state index in [1.807, 2.05) is 30.3 Å². The number of benzene rings is 2. The lowest BCUT2D eigenvalue weighted by Gasteiger charge is -2.44. The largest absolute Gasteiger partial charge is 0.496 e. The van der Waals surface area contributed by atoms with Gasteiger partial charge in [-0.05, 0) is 68.0 Å². The number of hydrogen-bond acceptors (Lipinski definition) is 3. The molecule has 158 valence electrons. The molecule has 0 radical (unpaired) electrons. The Balaban J connectivity index is 2.25. The Morgan fingerprint density at radius 3 is 2.14 bits per heavy atom. The molecule has 0 aliphatic carbocycles. The molecule has 0 amide bonds. The molecular weight excluding hydrogens is 358 g/mol. The molecule has 1 saturated heterocycles. The van der Waals surface area contributed by atoms with Crippen LogP contribution in [-0.2, 0) is 11.0 Å². The van der Waals surface area contributed by atoms with Crippen molar-refractivity contribution in [1.82, 2.24) is 4.90 Å². The molecule has 0 spiro atoms. The van der Waals surface area contributed by atoms with Crippen molar-refractivity contribution in [3.63, 3.8) is 0 Å². The monoisotopic (exact) mass is 395 g/mol. The van der Waals surface area contributed by atoms with Crippen molar-refractivity contribution in [2.45, 2.75) is 70.9 Å². The number of hydrogen-bond donors (Lipinski definition) is 1. The van der Waals surface area contributed by atoms with Gasteiger partial charge in [-0.15, -0.1) is 0 Å². The normalized spacial score (nSPS) is 18.9. The van der Waals surface area contributed by atoms with E-state index in [-0.39, 0.29) is 11.5 Å². The highest BCUT2D eigenvalue weighted by Crippen LogP contribution is 2.44. The molecule has 1 heterocycles. The molecule has 0 bridgehead atoms. The van der Waals surface area contributed by atoms with Gasteiger partial charge in [0.25, 0.3) is 0 Å². The Hall–Kier alpha value is -1.84. The molecule has 3 rings (SSSR count). The van der Waals surface area contributed by atoms with Crippen LogP contribution in [0.4, 0.5) is 0 Å². The second-order valence-corrected chi connectivity index (χ2v) is 9.53. The number of likely N-dealkylation sites (tertiary alicyclic amines) is 1. The van der Waals surface area contributed by atoms with Gasteiger partial charge in [-0.3, -0.25) is 4.90 Å². The van der Waals surface area contributed by atoms with Crippen LogP contribution in [0.1, 0.15) is 69.2 Å². The third-order valence-corrected chi connectivity index (χ3v) is 6.51. The van der Waals surface area contributed by atoms with E-state index in [2.05, 4.69) is 51.7 Å². The maximum absolute atomic E-state index is 12.5. The van der Waals surface area contributed by atoms with Gasteiger partial charge in [-0.1, -0.05) is 63.6 Å². The van der Waals surface area contributed by atoms with Gasteiger partial charge < -0.3 is 9.84 Å². The van der Waals surface area contributed by atoms with E-state index in [1.54, 1.807) is 7.11 Å². The van der Waals surface area contributed by atoms with Gasteiger partial charge in [0.15, 0.2) is 0 Å². The van der Waals surface area contributed by atoms with E-state index in [4.69, 9.17) is 4.74 Å². The van der Waals surface area contributed by atoms with Crippen LogP contribution in [0.3, 0.4) is 0 Å². The number of piperidine rings is 1. The minimum absolute atomic E-state index is 0.0161. The summed E-state index contributed by atoms with van der Waals surface area (Å²) in [6.07, 6.45) is 3.65. The van der Waals surface area contributed by atoms with Crippen molar-refractivity contribution in [3.05, 3.63) is 64.7 Å². The van der Waals surface area contributed by atoms with Crippen LogP contribution >= 0.6 is 0 Å². The highest BCUT2D eigenvalue weighted by Gasteiger charge is 2.43. The summed E-state index contributed by atoms with van der Waals surface area (Å²) >= 11 is 0. The van der Waals surface area contributed by atoms with Crippen LogP contribution < -0.4 is 4.74 Å². The minimum atomic E-state index is -1.16. The van der Waals surface area contributed by atoms with Crippen molar-refractivity contribution in [1.29, 1.82) is 0 Å². The fourth-order valence-electron chi connectivity index (χ4n) is 4.64. The quantitative estimate of drug-likeness (QED) is 0.734. The highest BCUT2D eigenvalue weighted by atomic mass is 16.5. The molecular formula is C26H37NO2. The zero-order valence-electron chi connectivity index (χ0n) is 19.0. The number of nitrogens with zero attached hydrogens (tertiary/aromatic N) is 1. The topological polar surface area (TPSA) is 32.7 Å². The molecule has 2 unspecified atom stereocenters. The number of ether oxygens (including phenoxy) is 1. The standard InChI is InChI=1S/C26H37NO2/c1-19-17-22(25(3,4)5)18-23(24(19)29-6)26(28,21-13-9-7-10-14-21)20(2)27-15-11-8-12-16-27/h7,9-10,13-14,17-18,20,28H,8,11-12,15-16H2,1-6H3. The molecule has 2 atom stereocenters. The van der Waals surface area contributed by atoms with Crippen molar-refractivity contribution < 1.29 is 9.84 Å². The van der Waals surface area contributed by atoms with Crippen molar-refractivity contribution >= 4 is 0 Å². The van der Waals surface area contributed by atoms with Gasteiger partial charge in [0, 0.05) is 11.6 Å². The number of rotatable bonds is 5. The predicted molar refractivity (Wildman–Crippen MR) is 121 cm³/mol. The Labute approximate surface area is 176 Å². The summed E-state index contributed by atoms with van der Waals surface area (Å²) in [5.41, 5.74) is 2.89. The first kappa shape index (κ1) is 21.9. The number of methoxy groups -OCH3 is 1. The van der Waals surface area contributed by atoms with Crippen molar-refractivity contribution in [2.75, 3.05) is 20.2 Å². The highest BCUT2D eigenvalue weighted by molar-refractivity contribution is 5.53. The minimum Gasteiger partial charge on any atom is -0.496 e. The summed E-state index contributed by atoms with van der Waals surface area (Å²) in [4.78, 5) is 2.44. The molecule has 3 nitrogen and oxygen atoms in total. The Morgan fingerprint density at radius 2 is 1.59 bits per heavy atom. The second kappa shape index (κ2) is 8.49. The van der Waals surface area contributed by atoms with Gasteiger partial charge in [0.2, 0.25) is 0 Å². The van der Waals surface area contributed by atoms with E-state index >= 15 is 0 Å². The smallest absolute Gasteiger partial charge is 0.133 e. The van der Waals surface area contributed by atoms with E-state index in [0.29, 0.717) is 0 Å². The average molecular weight is 396 g/mol. The molecule has 1 aliphatic rings. The van der Waals surface area contributed by atoms with Crippen molar-refractivity contribution in [2.24, 2.45) is 0 Å². The zero-order valence-corrected chi connectivity index (χ0v) is 19.0. The summed E-state index contributed by atoms with van der Waals surface area (Å²) in [6.45, 7) is 12.9. The predicted octanol–water partition coefficient (Wildman–Crippen LogP) is 5.41. The summed E-state index contributed by atoms with van der Waals surface area (Å²) in [7, 11) is 1.71. The lowest BCUT2D eigenvalue weighted by atomic mass is 9.75. The average Bonchev–Trinajstić information content (AvgIpc) is 2.72. The molecule has 2 aromatic rings. The van der Waals surface area contributed by atoms with Gasteiger partial charge in [-0.25, -0.2) is 0 Å². The van der Waals surface area contributed by atoms with Crippen LogP contribution in [0.2, 0.25) is 0 Å². The van der Waals surface area contributed by atoms with Gasteiger partial charge >= 0.3 is 0 Å². The lowest BCUT2D eigenvalue weighted by molar-refractivity contribution is -0.0210. The first-order valence-corrected chi connectivity index (χ1v) is 10.9. The number of aryl methyl sites for hydroxylation is 1. The fraction of sp³-hybridized carbons (Fsp3) is 0.538. The molecule has 0 aromatic heterocycles. The first-order valence-electron chi connectivity index (χ1n) is 10.9. The first-order chi connectivity index (χ1) is 13.7. The SMILES string of the molecule is COc1c(C)cc(C(C)(C)C)cc1C(O)(c1ccccc1)C(C)N1CCCCC1. The van der Waals surface area contributed by atoms with Crippen LogP contribution in [0.5, 0.6) is 5.75 Å².